The van der Waals surface area contributed by atoms with Crippen molar-refractivity contribution in [1.29, 1.82) is 0 Å². The minimum atomic E-state index is -1.34. The van der Waals surface area contributed by atoms with Gasteiger partial charge in [0.25, 0.3) is 5.56 Å². The van der Waals surface area contributed by atoms with Gasteiger partial charge in [0, 0.05) is 23.6 Å². The first-order chi connectivity index (χ1) is 12.6. The van der Waals surface area contributed by atoms with Crippen molar-refractivity contribution in [3.63, 3.8) is 0 Å². The minimum absolute atomic E-state index is 0.180. The summed E-state index contributed by atoms with van der Waals surface area (Å²) in [6.45, 7) is 9.40. The van der Waals surface area contributed by atoms with Gasteiger partial charge in [-0.05, 0) is 37.8 Å². The van der Waals surface area contributed by atoms with Crippen LogP contribution in [0.2, 0.25) is 0 Å². The summed E-state index contributed by atoms with van der Waals surface area (Å²) >= 11 is 0. The molecule has 3 atom stereocenters. The molecule has 27 heavy (non-hydrogen) atoms. The van der Waals surface area contributed by atoms with Crippen LogP contribution in [0.4, 0.5) is 0 Å². The Morgan fingerprint density at radius 1 is 1.19 bits per heavy atom. The van der Waals surface area contributed by atoms with Crippen molar-refractivity contribution in [2.24, 2.45) is 5.92 Å². The number of rotatable bonds is 4. The normalized spacial score (nSPS) is 24.9. The second-order valence-corrected chi connectivity index (χ2v) is 8.27. The summed E-state index contributed by atoms with van der Waals surface area (Å²) in [5.74, 6) is -1.55. The number of fused-ring (bicyclic) bond motifs is 1. The standard InChI is InChI=1S/C21H28N2O4/c1-11(2)13-6-8-14(9-7-13)16-17-15(22-23-19(17)24)10-21(5,26)18(16)20(25)27-12(3)4/h6-9,11-12,16,18,26H,10H2,1-5H3,(H2,22,23,24)/t16-,18-,21-/m0/s1. The fourth-order valence-corrected chi connectivity index (χ4v) is 4.01. The predicted octanol–water partition coefficient (Wildman–Crippen LogP) is 2.83. The summed E-state index contributed by atoms with van der Waals surface area (Å²) in [6.07, 6.45) is -0.123. The van der Waals surface area contributed by atoms with Gasteiger partial charge in [0.2, 0.25) is 0 Å². The van der Waals surface area contributed by atoms with Gasteiger partial charge < -0.3 is 14.9 Å². The highest BCUT2D eigenvalue weighted by molar-refractivity contribution is 5.77. The van der Waals surface area contributed by atoms with E-state index in [0.29, 0.717) is 17.2 Å². The van der Waals surface area contributed by atoms with Gasteiger partial charge in [-0.3, -0.25) is 14.7 Å². The summed E-state index contributed by atoms with van der Waals surface area (Å²) < 4.78 is 5.45. The Labute approximate surface area is 158 Å². The highest BCUT2D eigenvalue weighted by Crippen LogP contribution is 2.44. The van der Waals surface area contributed by atoms with Crippen molar-refractivity contribution < 1.29 is 14.6 Å². The summed E-state index contributed by atoms with van der Waals surface area (Å²) in [6, 6.07) is 7.89. The number of H-pyrrole nitrogens is 2. The van der Waals surface area contributed by atoms with Crippen molar-refractivity contribution in [1.82, 2.24) is 10.2 Å². The third-order valence-electron chi connectivity index (χ3n) is 5.31. The van der Waals surface area contributed by atoms with Gasteiger partial charge in [-0.25, -0.2) is 0 Å². The lowest BCUT2D eigenvalue weighted by Crippen LogP contribution is -2.50. The van der Waals surface area contributed by atoms with E-state index in [4.69, 9.17) is 4.74 Å². The van der Waals surface area contributed by atoms with Gasteiger partial charge in [0.1, 0.15) is 0 Å². The highest BCUT2D eigenvalue weighted by Gasteiger charge is 2.51. The molecule has 0 saturated carbocycles. The average molecular weight is 372 g/mol. The first-order valence-corrected chi connectivity index (χ1v) is 9.44. The first-order valence-electron chi connectivity index (χ1n) is 9.44. The molecule has 146 valence electrons. The third kappa shape index (κ3) is 3.58. The highest BCUT2D eigenvalue weighted by atomic mass is 16.5. The zero-order valence-electron chi connectivity index (χ0n) is 16.5. The van der Waals surface area contributed by atoms with Crippen LogP contribution in [0.25, 0.3) is 0 Å². The molecule has 0 saturated heterocycles. The zero-order valence-corrected chi connectivity index (χ0v) is 16.5. The topological polar surface area (TPSA) is 95.2 Å². The summed E-state index contributed by atoms with van der Waals surface area (Å²) in [7, 11) is 0. The van der Waals surface area contributed by atoms with E-state index in [9.17, 15) is 14.7 Å². The van der Waals surface area contributed by atoms with E-state index in [1.54, 1.807) is 20.8 Å². The van der Waals surface area contributed by atoms with Crippen molar-refractivity contribution in [3.8, 4) is 0 Å². The van der Waals surface area contributed by atoms with Gasteiger partial charge in [0.05, 0.1) is 17.6 Å². The lowest BCUT2D eigenvalue weighted by atomic mass is 9.66. The maximum atomic E-state index is 12.9. The van der Waals surface area contributed by atoms with E-state index in [-0.39, 0.29) is 18.1 Å². The molecule has 0 spiro atoms. The van der Waals surface area contributed by atoms with Crippen molar-refractivity contribution >= 4 is 5.97 Å². The van der Waals surface area contributed by atoms with E-state index in [1.165, 1.54) is 5.56 Å². The SMILES string of the molecule is CC(C)OC(=O)[C@@H]1[C@@H](c2ccc(C(C)C)cc2)c2c([nH][nH]c2=O)C[C@]1(C)O. The smallest absolute Gasteiger partial charge is 0.313 e. The molecule has 0 fully saturated rings. The summed E-state index contributed by atoms with van der Waals surface area (Å²) in [5.41, 5.74) is 1.52. The molecular weight excluding hydrogens is 344 g/mol. The van der Waals surface area contributed by atoms with Gasteiger partial charge >= 0.3 is 5.97 Å². The molecule has 1 aliphatic carbocycles. The van der Waals surface area contributed by atoms with Crippen LogP contribution < -0.4 is 5.56 Å². The van der Waals surface area contributed by atoms with E-state index >= 15 is 0 Å². The number of ether oxygens (including phenoxy) is 1. The third-order valence-corrected chi connectivity index (χ3v) is 5.31. The largest absolute Gasteiger partial charge is 0.463 e. The molecule has 3 N–H and O–H groups in total. The van der Waals surface area contributed by atoms with E-state index in [2.05, 4.69) is 24.0 Å². The van der Waals surface area contributed by atoms with Crippen molar-refractivity contribution in [2.45, 2.75) is 64.6 Å². The monoisotopic (exact) mass is 372 g/mol. The van der Waals surface area contributed by atoms with Crippen LogP contribution in [0.15, 0.2) is 29.1 Å². The molecular formula is C21H28N2O4. The molecule has 0 aliphatic heterocycles. The number of carbonyl (C=O) groups is 1. The van der Waals surface area contributed by atoms with Crippen LogP contribution in [-0.2, 0) is 16.0 Å². The Bertz CT molecular complexity index is 874. The second kappa shape index (κ2) is 7.00. The Morgan fingerprint density at radius 3 is 2.37 bits per heavy atom. The maximum Gasteiger partial charge on any atom is 0.313 e. The number of hydrogen-bond acceptors (Lipinski definition) is 4. The lowest BCUT2D eigenvalue weighted by Gasteiger charge is -2.40. The summed E-state index contributed by atoms with van der Waals surface area (Å²) in [4.78, 5) is 25.4. The average Bonchev–Trinajstić information content (AvgIpc) is 2.92. The fraction of sp³-hybridized carbons (Fsp3) is 0.524. The number of hydrogen-bond donors (Lipinski definition) is 3. The van der Waals surface area contributed by atoms with Gasteiger partial charge in [0.15, 0.2) is 0 Å². The van der Waals surface area contributed by atoms with Gasteiger partial charge in [-0.15, -0.1) is 0 Å². The van der Waals surface area contributed by atoms with E-state index in [0.717, 1.165) is 5.56 Å². The van der Waals surface area contributed by atoms with E-state index in [1.807, 2.05) is 24.3 Å². The molecule has 1 aromatic heterocycles. The van der Waals surface area contributed by atoms with Crippen LogP contribution in [0.5, 0.6) is 0 Å². The number of esters is 1. The Balaban J connectivity index is 2.15. The Hall–Kier alpha value is -2.34. The molecule has 1 aliphatic rings. The van der Waals surface area contributed by atoms with E-state index < -0.39 is 23.4 Å². The number of carbonyl (C=O) groups excluding carboxylic acids is 1. The fourth-order valence-electron chi connectivity index (χ4n) is 4.01. The molecule has 2 aromatic rings. The maximum absolute atomic E-state index is 12.9. The van der Waals surface area contributed by atoms with Crippen LogP contribution in [0.3, 0.4) is 0 Å². The molecule has 3 rings (SSSR count). The van der Waals surface area contributed by atoms with Crippen molar-refractivity contribution in [3.05, 3.63) is 57.0 Å². The van der Waals surface area contributed by atoms with Crippen molar-refractivity contribution in [2.75, 3.05) is 0 Å². The number of nitrogens with one attached hydrogen (secondary N) is 2. The molecule has 6 heteroatoms. The molecule has 0 bridgehead atoms. The Morgan fingerprint density at radius 2 is 1.81 bits per heavy atom. The van der Waals surface area contributed by atoms with Gasteiger partial charge in [-0.2, -0.15) is 0 Å². The number of benzene rings is 1. The molecule has 6 nitrogen and oxygen atoms in total. The molecule has 1 heterocycles. The predicted molar refractivity (Wildman–Crippen MR) is 103 cm³/mol. The zero-order chi connectivity index (χ0) is 19.9. The number of aromatic nitrogens is 2. The van der Waals surface area contributed by atoms with Gasteiger partial charge in [-0.1, -0.05) is 38.1 Å². The lowest BCUT2D eigenvalue weighted by molar-refractivity contribution is -0.163. The molecule has 0 amide bonds. The molecule has 0 radical (unpaired) electrons. The summed E-state index contributed by atoms with van der Waals surface area (Å²) in [5, 5.41) is 16.6. The van der Waals surface area contributed by atoms with Crippen LogP contribution >= 0.6 is 0 Å². The van der Waals surface area contributed by atoms with Crippen LogP contribution in [0.1, 0.15) is 68.8 Å². The number of aliphatic hydroxyl groups is 1. The van der Waals surface area contributed by atoms with Crippen LogP contribution in [-0.4, -0.2) is 33.0 Å². The molecule has 0 unspecified atom stereocenters. The number of aromatic amines is 2. The van der Waals surface area contributed by atoms with Crippen LogP contribution in [0, 0.1) is 5.92 Å². The minimum Gasteiger partial charge on any atom is -0.463 e. The first kappa shape index (κ1) is 19.4. The molecule has 1 aromatic carbocycles. The second-order valence-electron chi connectivity index (χ2n) is 8.27. The Kier molecular flexibility index (Phi) is 5.04. The quantitative estimate of drug-likeness (QED) is 0.719.